The van der Waals surface area contributed by atoms with Gasteiger partial charge in [0.15, 0.2) is 11.5 Å². The molecule has 1 saturated carbocycles. The van der Waals surface area contributed by atoms with Crippen molar-refractivity contribution in [2.45, 2.75) is 65.2 Å². The third kappa shape index (κ3) is 2.89. The molecule has 0 radical (unpaired) electrons. The van der Waals surface area contributed by atoms with Gasteiger partial charge in [0.25, 0.3) is 0 Å². The van der Waals surface area contributed by atoms with E-state index in [1.54, 1.807) is 0 Å². The fourth-order valence-corrected chi connectivity index (χ4v) is 6.41. The summed E-state index contributed by atoms with van der Waals surface area (Å²) in [5.41, 5.74) is 5.57. The Morgan fingerprint density at radius 3 is 2.67 bits per heavy atom. The summed E-state index contributed by atoms with van der Waals surface area (Å²) in [6.07, 6.45) is 6.57. The van der Waals surface area contributed by atoms with Gasteiger partial charge in [0.05, 0.1) is 5.39 Å². The number of rotatable bonds is 2. The average Bonchev–Trinajstić information content (AvgIpc) is 3.24. The van der Waals surface area contributed by atoms with E-state index < -0.39 is 0 Å². The minimum Gasteiger partial charge on any atom is -0.225 e. The van der Waals surface area contributed by atoms with Gasteiger partial charge in [-0.3, -0.25) is 0 Å². The van der Waals surface area contributed by atoms with E-state index in [0.29, 0.717) is 17.3 Å². The Balaban J connectivity index is 1.37. The zero-order valence-electron chi connectivity index (χ0n) is 18.1. The van der Waals surface area contributed by atoms with Gasteiger partial charge in [-0.2, -0.15) is 0 Å². The van der Waals surface area contributed by atoms with Crippen LogP contribution in [0.1, 0.15) is 72.8 Å². The van der Waals surface area contributed by atoms with E-state index in [9.17, 15) is 0 Å². The van der Waals surface area contributed by atoms with Gasteiger partial charge < -0.3 is 0 Å². The quantitative estimate of drug-likeness (QED) is 0.398. The molecular weight excluding hydrogens is 388 g/mol. The fourth-order valence-electron chi connectivity index (χ4n) is 5.15. The molecule has 154 valence electrons. The van der Waals surface area contributed by atoms with E-state index in [4.69, 9.17) is 15.1 Å². The van der Waals surface area contributed by atoms with Crippen molar-refractivity contribution in [3.63, 3.8) is 0 Å². The van der Waals surface area contributed by atoms with Crippen LogP contribution in [0.25, 0.3) is 15.9 Å². The normalized spacial score (nSPS) is 23.8. The number of hydrogen-bond donors (Lipinski definition) is 0. The molecule has 0 aliphatic heterocycles. The molecular formula is C25H28N4S. The number of aromatic nitrogens is 4. The maximum atomic E-state index is 5.06. The molecule has 1 fully saturated rings. The van der Waals surface area contributed by atoms with Crippen LogP contribution in [0.5, 0.6) is 0 Å². The lowest BCUT2D eigenvalue weighted by Gasteiger charge is -2.33. The zero-order chi connectivity index (χ0) is 20.6. The van der Waals surface area contributed by atoms with Gasteiger partial charge in [0.2, 0.25) is 0 Å². The lowest BCUT2D eigenvalue weighted by Crippen LogP contribution is -2.26. The van der Waals surface area contributed by atoms with Crippen molar-refractivity contribution in [3.8, 4) is 0 Å². The second kappa shape index (κ2) is 6.36. The summed E-state index contributed by atoms with van der Waals surface area (Å²) >= 11 is 1.87. The summed E-state index contributed by atoms with van der Waals surface area (Å²) in [6.45, 7) is 9.26. The molecule has 0 spiro atoms. The first-order valence-electron chi connectivity index (χ1n) is 11.1. The van der Waals surface area contributed by atoms with Crippen molar-refractivity contribution in [2.24, 2.45) is 11.3 Å². The van der Waals surface area contributed by atoms with Crippen molar-refractivity contribution in [1.82, 2.24) is 19.6 Å². The first kappa shape index (κ1) is 18.5. The molecule has 0 N–H and O–H groups in total. The van der Waals surface area contributed by atoms with E-state index in [-0.39, 0.29) is 0 Å². The van der Waals surface area contributed by atoms with Gasteiger partial charge in [-0.25, -0.2) is 14.5 Å². The minimum atomic E-state index is 0.357. The highest BCUT2D eigenvalue weighted by Gasteiger charge is 2.42. The number of aryl methyl sites for hydroxylation is 2. The summed E-state index contributed by atoms with van der Waals surface area (Å²) in [5.74, 6) is 2.71. The van der Waals surface area contributed by atoms with Crippen molar-refractivity contribution in [2.75, 3.05) is 0 Å². The van der Waals surface area contributed by atoms with Gasteiger partial charge in [-0.05, 0) is 61.0 Å². The standard InChI is InChI=1S/C25H28N4S/c1-14-5-7-15(8-6-14)18-12-19(18)22-27-23-21-17-10-9-16(25(2,3)4)11-20(17)30-24(21)26-13-29(23)28-22/h5-8,13,16,18-19H,9-12H2,1-4H3/t16-,18+,19+/m1/s1. The van der Waals surface area contributed by atoms with Crippen LogP contribution in [0, 0.1) is 18.3 Å². The molecule has 5 heteroatoms. The van der Waals surface area contributed by atoms with E-state index >= 15 is 0 Å². The Labute approximate surface area is 181 Å². The predicted molar refractivity (Wildman–Crippen MR) is 122 cm³/mol. The summed E-state index contributed by atoms with van der Waals surface area (Å²) in [4.78, 5) is 12.5. The Morgan fingerprint density at radius 1 is 1.10 bits per heavy atom. The zero-order valence-corrected chi connectivity index (χ0v) is 19.0. The van der Waals surface area contributed by atoms with Crippen LogP contribution in [-0.4, -0.2) is 19.6 Å². The second-order valence-corrected chi connectivity index (χ2v) is 11.4. The van der Waals surface area contributed by atoms with Crippen LogP contribution in [0.15, 0.2) is 30.6 Å². The van der Waals surface area contributed by atoms with Crippen LogP contribution < -0.4 is 0 Å². The van der Waals surface area contributed by atoms with Crippen LogP contribution in [0.2, 0.25) is 0 Å². The van der Waals surface area contributed by atoms with Gasteiger partial charge in [0.1, 0.15) is 11.2 Å². The molecule has 2 aliphatic rings. The number of fused-ring (bicyclic) bond motifs is 5. The van der Waals surface area contributed by atoms with E-state index in [1.807, 2.05) is 22.2 Å². The van der Waals surface area contributed by atoms with E-state index in [0.717, 1.165) is 35.1 Å². The van der Waals surface area contributed by atoms with E-state index in [1.165, 1.54) is 39.8 Å². The molecule has 0 amide bonds. The average molecular weight is 417 g/mol. The summed E-state index contributed by atoms with van der Waals surface area (Å²) in [7, 11) is 0. The van der Waals surface area contributed by atoms with Gasteiger partial charge >= 0.3 is 0 Å². The fraction of sp³-hybridized carbons (Fsp3) is 0.480. The molecule has 0 saturated heterocycles. The first-order valence-corrected chi connectivity index (χ1v) is 11.9. The summed E-state index contributed by atoms with van der Waals surface area (Å²) in [6, 6.07) is 8.93. The molecule has 3 atom stereocenters. The largest absolute Gasteiger partial charge is 0.225 e. The Hall–Kier alpha value is -2.27. The molecule has 1 aromatic carbocycles. The minimum absolute atomic E-state index is 0.357. The van der Waals surface area contributed by atoms with Crippen molar-refractivity contribution < 1.29 is 0 Å². The molecule has 4 nitrogen and oxygen atoms in total. The van der Waals surface area contributed by atoms with Gasteiger partial charge in [-0.15, -0.1) is 16.4 Å². The van der Waals surface area contributed by atoms with Crippen molar-refractivity contribution >= 4 is 27.2 Å². The SMILES string of the molecule is Cc1ccc([C@@H]2C[C@@H]2c2nc3c4c5c(sc4ncn3n2)C[C@H](C(C)(C)C)CC5)cc1. The molecule has 0 bridgehead atoms. The summed E-state index contributed by atoms with van der Waals surface area (Å²) < 4.78 is 1.92. The molecule has 3 aromatic heterocycles. The molecule has 6 rings (SSSR count). The number of benzene rings is 1. The molecule has 3 heterocycles. The molecule has 4 aromatic rings. The summed E-state index contributed by atoms with van der Waals surface area (Å²) in [5, 5.41) is 6.11. The topological polar surface area (TPSA) is 43.1 Å². The third-order valence-corrected chi connectivity index (χ3v) is 8.42. The van der Waals surface area contributed by atoms with Crippen LogP contribution in [0.4, 0.5) is 0 Å². The molecule has 0 unspecified atom stereocenters. The first-order chi connectivity index (χ1) is 14.4. The third-order valence-electron chi connectivity index (χ3n) is 7.25. The van der Waals surface area contributed by atoms with Crippen molar-refractivity contribution in [3.05, 3.63) is 58.0 Å². The van der Waals surface area contributed by atoms with Gasteiger partial charge in [0, 0.05) is 10.8 Å². The van der Waals surface area contributed by atoms with Crippen molar-refractivity contribution in [1.29, 1.82) is 0 Å². The molecule has 30 heavy (non-hydrogen) atoms. The number of nitrogens with zero attached hydrogens (tertiary/aromatic N) is 4. The highest BCUT2D eigenvalue weighted by Crippen LogP contribution is 2.54. The lowest BCUT2D eigenvalue weighted by molar-refractivity contribution is 0.218. The maximum Gasteiger partial charge on any atom is 0.167 e. The van der Waals surface area contributed by atoms with Crippen LogP contribution >= 0.6 is 11.3 Å². The maximum absolute atomic E-state index is 5.06. The second-order valence-electron chi connectivity index (χ2n) is 10.3. The Kier molecular flexibility index (Phi) is 3.92. The predicted octanol–water partition coefficient (Wildman–Crippen LogP) is 6.07. The number of hydrogen-bond acceptors (Lipinski definition) is 4. The highest BCUT2D eigenvalue weighted by molar-refractivity contribution is 7.19. The van der Waals surface area contributed by atoms with Gasteiger partial charge in [-0.1, -0.05) is 50.6 Å². The lowest BCUT2D eigenvalue weighted by atomic mass is 9.72. The van der Waals surface area contributed by atoms with Crippen LogP contribution in [0.3, 0.4) is 0 Å². The molecule has 2 aliphatic carbocycles. The Morgan fingerprint density at radius 2 is 1.90 bits per heavy atom. The van der Waals surface area contributed by atoms with E-state index in [2.05, 4.69) is 52.0 Å². The Bertz CT molecular complexity index is 1260. The smallest absolute Gasteiger partial charge is 0.167 e. The number of thiophene rings is 1. The highest BCUT2D eigenvalue weighted by atomic mass is 32.1. The monoisotopic (exact) mass is 416 g/mol. The van der Waals surface area contributed by atoms with Crippen LogP contribution in [-0.2, 0) is 12.8 Å².